The second-order valence-corrected chi connectivity index (χ2v) is 4.61. The maximum absolute atomic E-state index is 5.46. The van der Waals surface area contributed by atoms with Gasteiger partial charge in [-0.2, -0.15) is 0 Å². The van der Waals surface area contributed by atoms with Gasteiger partial charge in [0, 0.05) is 0 Å². The van der Waals surface area contributed by atoms with Gasteiger partial charge in [-0.05, 0) is 36.8 Å². The Labute approximate surface area is 116 Å². The van der Waals surface area contributed by atoms with E-state index in [1.54, 1.807) is 0 Å². The maximum Gasteiger partial charge on any atom is 0.108 e. The van der Waals surface area contributed by atoms with E-state index in [1.165, 1.54) is 30.4 Å². The molecule has 1 heteroatoms. The average Bonchev–Trinajstić information content (AvgIpc) is 2.48. The topological polar surface area (TPSA) is 9.23 Å². The molecule has 0 amide bonds. The Morgan fingerprint density at radius 1 is 1.16 bits per heavy atom. The zero-order chi connectivity index (χ0) is 13.2. The molecule has 0 aromatic heterocycles. The summed E-state index contributed by atoms with van der Waals surface area (Å²) in [5.41, 5.74) is 2.49. The molecular formula is C18H20O. The highest BCUT2D eigenvalue weighted by atomic mass is 16.5. The number of benzene rings is 1. The van der Waals surface area contributed by atoms with E-state index in [0.717, 1.165) is 6.42 Å². The van der Waals surface area contributed by atoms with Crippen molar-refractivity contribution in [2.45, 2.75) is 25.7 Å². The molecule has 0 aliphatic heterocycles. The monoisotopic (exact) mass is 252 g/mol. The van der Waals surface area contributed by atoms with E-state index < -0.39 is 0 Å². The zero-order valence-corrected chi connectivity index (χ0v) is 11.3. The predicted octanol–water partition coefficient (Wildman–Crippen LogP) is 4.22. The summed E-state index contributed by atoms with van der Waals surface area (Å²) in [7, 11) is 0. The van der Waals surface area contributed by atoms with E-state index in [2.05, 4.69) is 36.1 Å². The summed E-state index contributed by atoms with van der Waals surface area (Å²) in [5, 5.41) is 0. The van der Waals surface area contributed by atoms with Gasteiger partial charge in [-0.1, -0.05) is 60.4 Å². The average molecular weight is 252 g/mol. The van der Waals surface area contributed by atoms with Crippen LogP contribution in [0.1, 0.15) is 31.2 Å². The first-order valence-corrected chi connectivity index (χ1v) is 6.92. The Bertz CT molecular complexity index is 485. The summed E-state index contributed by atoms with van der Waals surface area (Å²) < 4.78 is 5.46. The molecule has 0 atom stereocenters. The van der Waals surface area contributed by atoms with Crippen LogP contribution in [-0.2, 0) is 4.74 Å². The molecule has 0 N–H and O–H groups in total. The molecule has 0 bridgehead atoms. The standard InChI is InChI=1S/C18H20O/c1-3-9-17(10-4-1)13-7-15-19-16-8-14-18-11-5-2-6-12-18/h1,3-4,7,9-11,13H,2,5-6,12,15-16H2/b13-7+. The molecule has 0 spiro atoms. The van der Waals surface area contributed by atoms with Gasteiger partial charge in [0.05, 0.1) is 6.61 Å². The molecule has 1 aromatic carbocycles. The van der Waals surface area contributed by atoms with Crippen molar-refractivity contribution in [3.8, 4) is 11.8 Å². The number of allylic oxidation sites excluding steroid dienone is 2. The van der Waals surface area contributed by atoms with Gasteiger partial charge in [0.25, 0.3) is 0 Å². The van der Waals surface area contributed by atoms with Gasteiger partial charge >= 0.3 is 0 Å². The number of hydrogen-bond donors (Lipinski definition) is 0. The highest BCUT2D eigenvalue weighted by molar-refractivity contribution is 5.48. The van der Waals surface area contributed by atoms with Crippen molar-refractivity contribution in [3.63, 3.8) is 0 Å². The Morgan fingerprint density at radius 2 is 2.05 bits per heavy atom. The van der Waals surface area contributed by atoms with Crippen molar-refractivity contribution in [2.24, 2.45) is 0 Å². The summed E-state index contributed by atoms with van der Waals surface area (Å²) in [5.74, 6) is 6.27. The first-order chi connectivity index (χ1) is 9.45. The zero-order valence-electron chi connectivity index (χ0n) is 11.3. The van der Waals surface area contributed by atoms with Crippen LogP contribution in [0, 0.1) is 11.8 Å². The van der Waals surface area contributed by atoms with Crippen LogP contribution < -0.4 is 0 Å². The first-order valence-electron chi connectivity index (χ1n) is 6.92. The van der Waals surface area contributed by atoms with Crippen LogP contribution in [-0.4, -0.2) is 13.2 Å². The van der Waals surface area contributed by atoms with E-state index in [1.807, 2.05) is 24.3 Å². The largest absolute Gasteiger partial charge is 0.365 e. The summed E-state index contributed by atoms with van der Waals surface area (Å²) in [6, 6.07) is 10.2. The van der Waals surface area contributed by atoms with Crippen LogP contribution in [0.25, 0.3) is 6.08 Å². The highest BCUT2D eigenvalue weighted by Crippen LogP contribution is 2.15. The fourth-order valence-electron chi connectivity index (χ4n) is 2.03. The normalized spacial score (nSPS) is 14.8. The number of rotatable bonds is 4. The summed E-state index contributed by atoms with van der Waals surface area (Å²) in [6.45, 7) is 1.12. The minimum atomic E-state index is 0.510. The van der Waals surface area contributed by atoms with Crippen LogP contribution >= 0.6 is 0 Å². The minimum Gasteiger partial charge on any atom is -0.365 e. The molecule has 2 rings (SSSR count). The van der Waals surface area contributed by atoms with Crippen molar-refractivity contribution in [3.05, 3.63) is 53.6 Å². The Kier molecular flexibility index (Phi) is 5.99. The van der Waals surface area contributed by atoms with E-state index in [9.17, 15) is 0 Å². The summed E-state index contributed by atoms with van der Waals surface area (Å²) in [4.78, 5) is 0. The molecule has 98 valence electrons. The molecule has 0 unspecified atom stereocenters. The second-order valence-electron chi connectivity index (χ2n) is 4.61. The van der Waals surface area contributed by atoms with Crippen molar-refractivity contribution in [2.75, 3.05) is 13.2 Å². The SMILES string of the molecule is C(#CC1=CCCCC1)COC/C=C/c1ccccc1. The summed E-state index contributed by atoms with van der Waals surface area (Å²) >= 11 is 0. The Hall–Kier alpha value is -1.78. The molecule has 1 nitrogen and oxygen atoms in total. The van der Waals surface area contributed by atoms with Crippen LogP contribution in [0.5, 0.6) is 0 Å². The molecule has 0 saturated carbocycles. The van der Waals surface area contributed by atoms with Crippen LogP contribution in [0.2, 0.25) is 0 Å². The lowest BCUT2D eigenvalue weighted by atomic mass is 10.0. The fourth-order valence-corrected chi connectivity index (χ4v) is 2.03. The van der Waals surface area contributed by atoms with Crippen LogP contribution in [0.3, 0.4) is 0 Å². The van der Waals surface area contributed by atoms with Gasteiger partial charge in [-0.15, -0.1) is 0 Å². The third-order valence-corrected chi connectivity index (χ3v) is 3.04. The van der Waals surface area contributed by atoms with E-state index in [-0.39, 0.29) is 0 Å². The van der Waals surface area contributed by atoms with Crippen molar-refractivity contribution in [1.29, 1.82) is 0 Å². The lowest BCUT2D eigenvalue weighted by Crippen LogP contribution is -1.92. The fraction of sp³-hybridized carbons (Fsp3) is 0.333. The third kappa shape index (κ3) is 5.59. The van der Waals surface area contributed by atoms with E-state index >= 15 is 0 Å². The molecule has 0 radical (unpaired) electrons. The van der Waals surface area contributed by atoms with Crippen molar-refractivity contribution >= 4 is 6.08 Å². The van der Waals surface area contributed by atoms with Crippen LogP contribution in [0.4, 0.5) is 0 Å². The highest BCUT2D eigenvalue weighted by Gasteiger charge is 1.98. The molecular weight excluding hydrogens is 232 g/mol. The van der Waals surface area contributed by atoms with Gasteiger partial charge in [0.15, 0.2) is 0 Å². The smallest absolute Gasteiger partial charge is 0.108 e. The predicted molar refractivity (Wildman–Crippen MR) is 80.6 cm³/mol. The van der Waals surface area contributed by atoms with Gasteiger partial charge in [0.1, 0.15) is 6.61 Å². The molecule has 1 aliphatic rings. The Morgan fingerprint density at radius 3 is 2.84 bits per heavy atom. The third-order valence-electron chi connectivity index (χ3n) is 3.04. The van der Waals surface area contributed by atoms with Gasteiger partial charge in [-0.3, -0.25) is 0 Å². The quantitative estimate of drug-likeness (QED) is 0.576. The molecule has 19 heavy (non-hydrogen) atoms. The lowest BCUT2D eigenvalue weighted by Gasteiger charge is -2.05. The molecule has 1 aromatic rings. The first kappa shape index (κ1) is 13.6. The number of hydrogen-bond acceptors (Lipinski definition) is 1. The van der Waals surface area contributed by atoms with E-state index in [4.69, 9.17) is 4.74 Å². The van der Waals surface area contributed by atoms with Gasteiger partial charge in [-0.25, -0.2) is 0 Å². The van der Waals surface area contributed by atoms with Gasteiger partial charge < -0.3 is 4.74 Å². The van der Waals surface area contributed by atoms with Crippen molar-refractivity contribution in [1.82, 2.24) is 0 Å². The number of ether oxygens (including phenoxy) is 1. The van der Waals surface area contributed by atoms with Crippen LogP contribution in [0.15, 0.2) is 48.1 Å². The second kappa shape index (κ2) is 8.34. The minimum absolute atomic E-state index is 0.510. The Balaban J connectivity index is 1.63. The van der Waals surface area contributed by atoms with Crippen molar-refractivity contribution < 1.29 is 4.74 Å². The lowest BCUT2D eigenvalue weighted by molar-refractivity contribution is 0.199. The van der Waals surface area contributed by atoms with E-state index in [0.29, 0.717) is 13.2 Å². The molecule has 1 aliphatic carbocycles. The van der Waals surface area contributed by atoms with Gasteiger partial charge in [0.2, 0.25) is 0 Å². The molecule has 0 heterocycles. The maximum atomic E-state index is 5.46. The molecule has 0 saturated heterocycles. The summed E-state index contributed by atoms with van der Waals surface area (Å²) in [6.07, 6.45) is 11.3. The molecule has 0 fully saturated rings.